The fraction of sp³-hybridized carbons (Fsp3) is 0.316. The number of hydrogen-bond donors (Lipinski definition) is 2. The fourth-order valence-corrected chi connectivity index (χ4v) is 3.70. The number of aromatic hydroxyl groups is 1. The molecule has 0 saturated heterocycles. The van der Waals surface area contributed by atoms with Crippen molar-refractivity contribution >= 4 is 15.8 Å². The molecule has 0 radical (unpaired) electrons. The molecule has 5 nitrogen and oxygen atoms in total. The molecule has 0 spiro atoms. The van der Waals surface area contributed by atoms with Crippen LogP contribution in [0.15, 0.2) is 53.4 Å². The molecule has 1 saturated carbocycles. The highest BCUT2D eigenvalue weighted by molar-refractivity contribution is 7.89. The van der Waals surface area contributed by atoms with Crippen molar-refractivity contribution in [3.05, 3.63) is 59.7 Å². The van der Waals surface area contributed by atoms with Crippen molar-refractivity contribution in [2.45, 2.75) is 30.6 Å². The molecule has 6 heteroatoms. The topological polar surface area (TPSA) is 83.5 Å². The third kappa shape index (κ3) is 4.67. The highest BCUT2D eigenvalue weighted by atomic mass is 32.2. The Kier molecular flexibility index (Phi) is 5.20. The lowest BCUT2D eigenvalue weighted by atomic mass is 10.1. The van der Waals surface area contributed by atoms with Crippen molar-refractivity contribution in [1.82, 2.24) is 4.72 Å². The molecular weight excluding hydrogens is 338 g/mol. The minimum Gasteiger partial charge on any atom is -0.508 e. The van der Waals surface area contributed by atoms with Gasteiger partial charge in [-0.3, -0.25) is 4.79 Å². The van der Waals surface area contributed by atoms with E-state index in [9.17, 15) is 18.3 Å². The zero-order valence-electron chi connectivity index (χ0n) is 13.8. The van der Waals surface area contributed by atoms with Gasteiger partial charge >= 0.3 is 0 Å². The van der Waals surface area contributed by atoms with Gasteiger partial charge in [0.15, 0.2) is 5.78 Å². The Morgan fingerprint density at radius 3 is 2.28 bits per heavy atom. The van der Waals surface area contributed by atoms with E-state index in [2.05, 4.69) is 4.72 Å². The first kappa shape index (κ1) is 17.6. The lowest BCUT2D eigenvalue weighted by molar-refractivity contribution is 0.0967. The molecule has 3 rings (SSSR count). The van der Waals surface area contributed by atoms with E-state index in [4.69, 9.17) is 0 Å². The van der Waals surface area contributed by atoms with Crippen molar-refractivity contribution in [1.29, 1.82) is 0 Å². The Labute approximate surface area is 147 Å². The van der Waals surface area contributed by atoms with Gasteiger partial charge in [0.1, 0.15) is 5.75 Å². The molecule has 0 atom stereocenters. The van der Waals surface area contributed by atoms with Crippen LogP contribution in [0.3, 0.4) is 0 Å². The van der Waals surface area contributed by atoms with Crippen LogP contribution in [-0.2, 0) is 16.4 Å². The largest absolute Gasteiger partial charge is 0.508 e. The first-order valence-corrected chi connectivity index (χ1v) is 9.86. The molecule has 25 heavy (non-hydrogen) atoms. The minimum atomic E-state index is -3.57. The van der Waals surface area contributed by atoms with Crippen LogP contribution in [0.5, 0.6) is 5.75 Å². The van der Waals surface area contributed by atoms with E-state index in [0.29, 0.717) is 18.5 Å². The molecule has 0 aromatic heterocycles. The van der Waals surface area contributed by atoms with Gasteiger partial charge in [0.05, 0.1) is 4.90 Å². The minimum absolute atomic E-state index is 0.103. The maximum Gasteiger partial charge on any atom is 0.240 e. The lowest BCUT2D eigenvalue weighted by Gasteiger charge is -2.08. The molecule has 0 aliphatic heterocycles. The quantitative estimate of drug-likeness (QED) is 0.561. The summed E-state index contributed by atoms with van der Waals surface area (Å²) >= 11 is 0. The Hall–Kier alpha value is -2.18. The van der Waals surface area contributed by atoms with Crippen LogP contribution in [0.2, 0.25) is 0 Å². The predicted octanol–water partition coefficient (Wildman–Crippen LogP) is 2.90. The van der Waals surface area contributed by atoms with Crippen LogP contribution < -0.4 is 4.72 Å². The van der Waals surface area contributed by atoms with Gasteiger partial charge in [-0.15, -0.1) is 0 Å². The summed E-state index contributed by atoms with van der Waals surface area (Å²) in [5.74, 6) is 0.444. The van der Waals surface area contributed by atoms with Crippen LogP contribution in [-0.4, -0.2) is 25.9 Å². The third-order valence-corrected chi connectivity index (χ3v) is 5.74. The molecule has 2 N–H and O–H groups in total. The second-order valence-corrected chi connectivity index (χ2v) is 8.10. The number of carbonyl (C=O) groups is 1. The van der Waals surface area contributed by atoms with Gasteiger partial charge in [-0.2, -0.15) is 0 Å². The summed E-state index contributed by atoms with van der Waals surface area (Å²) in [4.78, 5) is 12.1. The van der Waals surface area contributed by atoms with Crippen molar-refractivity contribution in [3.8, 4) is 5.75 Å². The number of hydrogen-bond acceptors (Lipinski definition) is 4. The highest BCUT2D eigenvalue weighted by Crippen LogP contribution is 2.32. The summed E-state index contributed by atoms with van der Waals surface area (Å²) in [5.41, 5.74) is 1.62. The normalized spacial score (nSPS) is 14.4. The first-order chi connectivity index (χ1) is 12.0. The molecule has 1 aliphatic rings. The number of phenols is 1. The molecule has 1 fully saturated rings. The predicted molar refractivity (Wildman–Crippen MR) is 95.1 cm³/mol. The number of ketones is 1. The van der Waals surface area contributed by atoms with E-state index >= 15 is 0 Å². The monoisotopic (exact) mass is 359 g/mol. The summed E-state index contributed by atoms with van der Waals surface area (Å²) in [7, 11) is -3.57. The van der Waals surface area contributed by atoms with Crippen molar-refractivity contribution in [2.24, 2.45) is 5.92 Å². The molecule has 0 amide bonds. The molecule has 132 valence electrons. The number of Topliss-reactive ketones (excluding diaryl/α,β-unsaturated/α-hetero) is 1. The molecule has 1 aliphatic carbocycles. The molecular formula is C19H21NO4S. The van der Waals surface area contributed by atoms with Crippen LogP contribution in [0.4, 0.5) is 0 Å². The molecule has 0 heterocycles. The summed E-state index contributed by atoms with van der Waals surface area (Å²) in [6.45, 7) is 0.325. The summed E-state index contributed by atoms with van der Waals surface area (Å²) in [6, 6.07) is 13.0. The highest BCUT2D eigenvalue weighted by Gasteiger charge is 2.30. The van der Waals surface area contributed by atoms with Crippen LogP contribution >= 0.6 is 0 Å². The number of aryl methyl sites for hydroxylation is 1. The standard InChI is InChI=1S/C19H21NO4S/c21-17-9-3-14(4-10-17)2-1-13-20-25(23,24)18-11-7-16(8-12-18)19(22)15-5-6-15/h3-4,7-12,15,20-21H,1-2,5-6,13H2. The first-order valence-electron chi connectivity index (χ1n) is 8.37. The number of rotatable bonds is 8. The maximum atomic E-state index is 12.3. The SMILES string of the molecule is O=C(c1ccc(S(=O)(=O)NCCCc2ccc(O)cc2)cc1)C1CC1. The van der Waals surface area contributed by atoms with Gasteiger partial charge in [-0.05, 0) is 55.5 Å². The summed E-state index contributed by atoms with van der Waals surface area (Å²) < 4.78 is 27.2. The molecule has 2 aromatic carbocycles. The van der Waals surface area contributed by atoms with E-state index in [1.54, 1.807) is 24.3 Å². The Morgan fingerprint density at radius 1 is 1.04 bits per heavy atom. The van der Waals surface area contributed by atoms with Crippen molar-refractivity contribution in [2.75, 3.05) is 6.54 Å². The van der Waals surface area contributed by atoms with Gasteiger partial charge in [-0.1, -0.05) is 24.3 Å². The van der Waals surface area contributed by atoms with Gasteiger partial charge in [0.25, 0.3) is 0 Å². The van der Waals surface area contributed by atoms with E-state index in [1.165, 1.54) is 12.1 Å². The van der Waals surface area contributed by atoms with Gasteiger partial charge in [0, 0.05) is 18.0 Å². The smallest absolute Gasteiger partial charge is 0.240 e. The van der Waals surface area contributed by atoms with Crippen molar-refractivity contribution in [3.63, 3.8) is 0 Å². The van der Waals surface area contributed by atoms with Crippen LogP contribution in [0.25, 0.3) is 0 Å². The zero-order chi connectivity index (χ0) is 17.9. The number of nitrogens with one attached hydrogen (secondary N) is 1. The van der Waals surface area contributed by atoms with E-state index in [0.717, 1.165) is 24.8 Å². The van der Waals surface area contributed by atoms with Gasteiger partial charge in [-0.25, -0.2) is 13.1 Å². The number of carbonyl (C=O) groups excluding carboxylic acids is 1. The Morgan fingerprint density at radius 2 is 1.68 bits per heavy atom. The second kappa shape index (κ2) is 7.37. The van der Waals surface area contributed by atoms with Crippen LogP contribution in [0.1, 0.15) is 35.2 Å². The second-order valence-electron chi connectivity index (χ2n) is 6.33. The molecule has 2 aromatic rings. The molecule has 0 unspecified atom stereocenters. The number of phenolic OH excluding ortho intramolecular Hbond substituents is 1. The van der Waals surface area contributed by atoms with E-state index in [-0.39, 0.29) is 22.3 Å². The van der Waals surface area contributed by atoms with Gasteiger partial charge < -0.3 is 5.11 Å². The van der Waals surface area contributed by atoms with Gasteiger partial charge in [0.2, 0.25) is 10.0 Å². The van der Waals surface area contributed by atoms with Crippen molar-refractivity contribution < 1.29 is 18.3 Å². The third-order valence-electron chi connectivity index (χ3n) is 4.27. The average molecular weight is 359 g/mol. The average Bonchev–Trinajstić information content (AvgIpc) is 3.45. The fourth-order valence-electron chi connectivity index (χ4n) is 2.62. The summed E-state index contributed by atoms with van der Waals surface area (Å²) in [5, 5.41) is 9.24. The maximum absolute atomic E-state index is 12.3. The Balaban J connectivity index is 1.52. The zero-order valence-corrected chi connectivity index (χ0v) is 14.6. The number of benzene rings is 2. The van der Waals surface area contributed by atoms with E-state index in [1.807, 2.05) is 12.1 Å². The summed E-state index contributed by atoms with van der Waals surface area (Å²) in [6.07, 6.45) is 3.24. The van der Waals surface area contributed by atoms with E-state index < -0.39 is 10.0 Å². The number of sulfonamides is 1. The van der Waals surface area contributed by atoms with Crippen LogP contribution in [0, 0.1) is 5.92 Å². The lowest BCUT2D eigenvalue weighted by Crippen LogP contribution is -2.25. The Bertz CT molecular complexity index is 838. The molecule has 0 bridgehead atoms.